The molecule has 0 aliphatic carbocycles. The highest BCUT2D eigenvalue weighted by Gasteiger charge is 2.26. The Labute approximate surface area is 92.3 Å². The van der Waals surface area contributed by atoms with Crippen LogP contribution in [-0.4, -0.2) is 24.9 Å². The first-order chi connectivity index (χ1) is 7.72. The average molecular weight is 215 g/mol. The van der Waals surface area contributed by atoms with Crippen LogP contribution in [0.4, 0.5) is 5.69 Å². The second-order valence-electron chi connectivity index (χ2n) is 3.37. The first kappa shape index (κ1) is 10.2. The summed E-state index contributed by atoms with van der Waals surface area (Å²) in [6.45, 7) is 0.904. The summed E-state index contributed by atoms with van der Waals surface area (Å²) in [5.41, 5.74) is 1.16. The molecule has 80 valence electrons. The minimum absolute atomic E-state index is 0.449. The Hall–Kier alpha value is -2.35. The van der Waals surface area contributed by atoms with Gasteiger partial charge in [-0.15, -0.1) is 0 Å². The van der Waals surface area contributed by atoms with Gasteiger partial charge < -0.3 is 10.2 Å². The predicted molar refractivity (Wildman–Crippen MR) is 56.5 cm³/mol. The van der Waals surface area contributed by atoms with Gasteiger partial charge in [-0.3, -0.25) is 9.59 Å². The van der Waals surface area contributed by atoms with Crippen molar-refractivity contribution in [3.63, 3.8) is 0 Å². The van der Waals surface area contributed by atoms with Gasteiger partial charge in [-0.25, -0.2) is 0 Å². The van der Waals surface area contributed by atoms with Gasteiger partial charge in [0.1, 0.15) is 0 Å². The van der Waals surface area contributed by atoms with Gasteiger partial charge in [-0.05, 0) is 24.3 Å². The summed E-state index contributed by atoms with van der Waals surface area (Å²) < 4.78 is 0. The van der Waals surface area contributed by atoms with E-state index in [1.165, 1.54) is 4.90 Å². The molecular formula is C11H9N3O2. The maximum Gasteiger partial charge on any atom is 0.316 e. The van der Waals surface area contributed by atoms with Gasteiger partial charge in [0, 0.05) is 18.8 Å². The quantitative estimate of drug-likeness (QED) is 0.671. The molecule has 5 heteroatoms. The lowest BCUT2D eigenvalue weighted by Crippen LogP contribution is -2.52. The monoisotopic (exact) mass is 215 g/mol. The molecule has 0 aromatic heterocycles. The number of benzene rings is 1. The number of hydrogen-bond acceptors (Lipinski definition) is 3. The van der Waals surface area contributed by atoms with E-state index in [9.17, 15) is 9.59 Å². The molecule has 0 atom stereocenters. The molecule has 0 bridgehead atoms. The molecule has 1 N–H and O–H groups in total. The number of carbonyl (C=O) groups excluding carboxylic acids is 2. The van der Waals surface area contributed by atoms with Crippen LogP contribution in [0.5, 0.6) is 0 Å². The molecule has 1 fully saturated rings. The van der Waals surface area contributed by atoms with Crippen molar-refractivity contribution in [2.45, 2.75) is 0 Å². The Balaban J connectivity index is 2.26. The van der Waals surface area contributed by atoms with Crippen LogP contribution in [0.2, 0.25) is 0 Å². The van der Waals surface area contributed by atoms with Crippen molar-refractivity contribution in [1.82, 2.24) is 5.32 Å². The van der Waals surface area contributed by atoms with E-state index in [2.05, 4.69) is 5.32 Å². The molecule has 0 spiro atoms. The topological polar surface area (TPSA) is 73.2 Å². The van der Waals surface area contributed by atoms with E-state index in [-0.39, 0.29) is 0 Å². The SMILES string of the molecule is N#Cc1ccc(N2CCNC(=O)C2=O)cc1. The lowest BCUT2D eigenvalue weighted by Gasteiger charge is -2.26. The highest BCUT2D eigenvalue weighted by atomic mass is 16.2. The second-order valence-corrected chi connectivity index (χ2v) is 3.37. The van der Waals surface area contributed by atoms with Crippen molar-refractivity contribution in [1.29, 1.82) is 5.26 Å². The van der Waals surface area contributed by atoms with Crippen LogP contribution < -0.4 is 10.2 Å². The second kappa shape index (κ2) is 4.03. The fraction of sp³-hybridized carbons (Fsp3) is 0.182. The van der Waals surface area contributed by atoms with Gasteiger partial charge in [-0.1, -0.05) is 0 Å². The Bertz CT molecular complexity index is 473. The summed E-state index contributed by atoms with van der Waals surface area (Å²) in [6.07, 6.45) is 0. The van der Waals surface area contributed by atoms with E-state index < -0.39 is 11.8 Å². The van der Waals surface area contributed by atoms with Gasteiger partial charge in [0.25, 0.3) is 0 Å². The summed E-state index contributed by atoms with van der Waals surface area (Å²) in [6, 6.07) is 8.56. The smallest absolute Gasteiger partial charge is 0.316 e. The van der Waals surface area contributed by atoms with Crippen molar-refractivity contribution < 1.29 is 9.59 Å². The maximum absolute atomic E-state index is 11.5. The molecule has 2 amide bonds. The third-order valence-electron chi connectivity index (χ3n) is 2.37. The van der Waals surface area contributed by atoms with Crippen LogP contribution in [0, 0.1) is 11.3 Å². The zero-order valence-corrected chi connectivity index (χ0v) is 8.43. The third-order valence-corrected chi connectivity index (χ3v) is 2.37. The minimum atomic E-state index is -0.587. The maximum atomic E-state index is 11.5. The van der Waals surface area contributed by atoms with Crippen LogP contribution >= 0.6 is 0 Å². The number of amides is 2. The molecule has 0 unspecified atom stereocenters. The first-order valence-corrected chi connectivity index (χ1v) is 4.82. The summed E-state index contributed by atoms with van der Waals surface area (Å²) >= 11 is 0. The van der Waals surface area contributed by atoms with E-state index in [0.717, 1.165) is 0 Å². The summed E-state index contributed by atoms with van der Waals surface area (Å²) in [5.74, 6) is -1.15. The number of piperazine rings is 1. The van der Waals surface area contributed by atoms with Gasteiger partial charge in [0.05, 0.1) is 11.6 Å². The van der Waals surface area contributed by atoms with E-state index in [4.69, 9.17) is 5.26 Å². The van der Waals surface area contributed by atoms with Crippen LogP contribution in [0.15, 0.2) is 24.3 Å². The van der Waals surface area contributed by atoms with E-state index in [0.29, 0.717) is 24.3 Å². The van der Waals surface area contributed by atoms with Crippen LogP contribution in [0.3, 0.4) is 0 Å². The minimum Gasteiger partial charge on any atom is -0.346 e. The number of nitriles is 1. The van der Waals surface area contributed by atoms with Gasteiger partial charge in [-0.2, -0.15) is 5.26 Å². The number of anilines is 1. The molecule has 1 aromatic rings. The van der Waals surface area contributed by atoms with E-state index in [1.807, 2.05) is 6.07 Å². The molecule has 1 aliphatic heterocycles. The first-order valence-electron chi connectivity index (χ1n) is 4.82. The van der Waals surface area contributed by atoms with Crippen molar-refractivity contribution in [2.75, 3.05) is 18.0 Å². The van der Waals surface area contributed by atoms with Gasteiger partial charge >= 0.3 is 11.8 Å². The Morgan fingerprint density at radius 3 is 2.56 bits per heavy atom. The highest BCUT2D eigenvalue weighted by Crippen LogP contribution is 2.16. The number of carbonyl (C=O) groups is 2. The zero-order valence-electron chi connectivity index (χ0n) is 8.43. The van der Waals surface area contributed by atoms with Crippen molar-refractivity contribution >= 4 is 17.5 Å². The molecule has 1 heterocycles. The Kier molecular flexibility index (Phi) is 2.56. The molecule has 0 radical (unpaired) electrons. The molecule has 0 saturated carbocycles. The number of hydrogen-bond donors (Lipinski definition) is 1. The van der Waals surface area contributed by atoms with E-state index >= 15 is 0 Å². The third kappa shape index (κ3) is 1.73. The van der Waals surface area contributed by atoms with Crippen molar-refractivity contribution in [3.05, 3.63) is 29.8 Å². The van der Waals surface area contributed by atoms with E-state index in [1.54, 1.807) is 24.3 Å². The standard InChI is InChI=1S/C11H9N3O2/c12-7-8-1-3-9(4-2-8)14-6-5-13-10(15)11(14)16/h1-4H,5-6H2,(H,13,15). The zero-order chi connectivity index (χ0) is 11.5. The van der Waals surface area contributed by atoms with Crippen molar-refractivity contribution in [2.24, 2.45) is 0 Å². The largest absolute Gasteiger partial charge is 0.346 e. The molecule has 2 rings (SSSR count). The van der Waals surface area contributed by atoms with Crippen LogP contribution in [0.25, 0.3) is 0 Å². The van der Waals surface area contributed by atoms with Crippen LogP contribution in [0.1, 0.15) is 5.56 Å². The normalized spacial score (nSPS) is 15.6. The van der Waals surface area contributed by atoms with Crippen molar-refractivity contribution in [3.8, 4) is 6.07 Å². The summed E-state index contributed by atoms with van der Waals surface area (Å²) in [4.78, 5) is 24.1. The Morgan fingerprint density at radius 2 is 1.94 bits per heavy atom. The fourth-order valence-electron chi connectivity index (χ4n) is 1.54. The van der Waals surface area contributed by atoms with Crippen LogP contribution in [-0.2, 0) is 9.59 Å². The molecular weight excluding hydrogens is 206 g/mol. The number of nitrogens with zero attached hydrogens (tertiary/aromatic N) is 2. The average Bonchev–Trinajstić information content (AvgIpc) is 2.33. The highest BCUT2D eigenvalue weighted by molar-refractivity contribution is 6.41. The lowest BCUT2D eigenvalue weighted by atomic mass is 10.2. The summed E-state index contributed by atoms with van der Waals surface area (Å²) in [7, 11) is 0. The predicted octanol–water partition coefficient (Wildman–Crippen LogP) is 0.0211. The number of nitrogens with one attached hydrogen (secondary N) is 1. The molecule has 16 heavy (non-hydrogen) atoms. The Morgan fingerprint density at radius 1 is 1.25 bits per heavy atom. The lowest BCUT2D eigenvalue weighted by molar-refractivity contribution is -0.138. The molecule has 1 aromatic carbocycles. The molecule has 5 nitrogen and oxygen atoms in total. The summed E-state index contributed by atoms with van der Waals surface area (Å²) in [5, 5.41) is 11.1. The fourth-order valence-corrected chi connectivity index (χ4v) is 1.54. The molecule has 1 saturated heterocycles. The molecule has 1 aliphatic rings. The number of rotatable bonds is 1. The van der Waals surface area contributed by atoms with Gasteiger partial charge in [0.2, 0.25) is 0 Å². The van der Waals surface area contributed by atoms with Gasteiger partial charge in [0.15, 0.2) is 0 Å².